The van der Waals surface area contributed by atoms with Crippen LogP contribution >= 0.6 is 23.1 Å². The van der Waals surface area contributed by atoms with Crippen LogP contribution in [0.15, 0.2) is 40.8 Å². The van der Waals surface area contributed by atoms with Crippen molar-refractivity contribution in [3.8, 4) is 11.5 Å². The zero-order chi connectivity index (χ0) is 23.4. The first-order valence-corrected chi connectivity index (χ1v) is 12.2. The van der Waals surface area contributed by atoms with Crippen LogP contribution in [-0.4, -0.2) is 72.4 Å². The van der Waals surface area contributed by atoms with Crippen molar-refractivity contribution >= 4 is 46.6 Å². The fourth-order valence-corrected chi connectivity index (χ4v) is 5.23. The van der Waals surface area contributed by atoms with Gasteiger partial charge in [-0.25, -0.2) is 5.01 Å². The summed E-state index contributed by atoms with van der Waals surface area (Å²) in [6.07, 6.45) is 0.509. The third-order valence-corrected chi connectivity index (χ3v) is 7.13. The molecule has 0 radical (unpaired) electrons. The first-order chi connectivity index (χ1) is 16.0. The second kappa shape index (κ2) is 10.3. The summed E-state index contributed by atoms with van der Waals surface area (Å²) in [4.78, 5) is 39.3. The molecular weight excluding hydrogens is 466 g/mol. The molecule has 2 aliphatic heterocycles. The van der Waals surface area contributed by atoms with E-state index in [1.807, 2.05) is 29.6 Å². The van der Waals surface area contributed by atoms with Crippen molar-refractivity contribution < 1.29 is 28.6 Å². The van der Waals surface area contributed by atoms with Crippen molar-refractivity contribution in [2.45, 2.75) is 12.5 Å². The van der Waals surface area contributed by atoms with Crippen molar-refractivity contribution in [1.29, 1.82) is 0 Å². The number of thioether (sulfide) groups is 1. The number of hydrazone groups is 1. The lowest BCUT2D eigenvalue weighted by Gasteiger charge is -2.23. The highest BCUT2D eigenvalue weighted by Crippen LogP contribution is 2.37. The number of rotatable bonds is 8. The van der Waals surface area contributed by atoms with Crippen LogP contribution in [0.1, 0.15) is 22.9 Å². The van der Waals surface area contributed by atoms with E-state index < -0.39 is 18.5 Å². The fourth-order valence-electron chi connectivity index (χ4n) is 3.60. The predicted octanol–water partition coefficient (Wildman–Crippen LogP) is 2.52. The van der Waals surface area contributed by atoms with Gasteiger partial charge in [0.2, 0.25) is 5.91 Å². The maximum absolute atomic E-state index is 13.0. The molecule has 0 spiro atoms. The van der Waals surface area contributed by atoms with Gasteiger partial charge in [0.15, 0.2) is 18.1 Å². The number of carbonyl (C=O) groups is 3. The minimum atomic E-state index is -0.622. The molecule has 1 saturated heterocycles. The highest BCUT2D eigenvalue weighted by molar-refractivity contribution is 8.00. The van der Waals surface area contributed by atoms with Gasteiger partial charge in [-0.05, 0) is 29.1 Å². The van der Waals surface area contributed by atoms with Gasteiger partial charge in [-0.2, -0.15) is 5.10 Å². The molecule has 3 heterocycles. The Morgan fingerprint density at radius 2 is 2.00 bits per heavy atom. The monoisotopic (exact) mass is 489 g/mol. The quantitative estimate of drug-likeness (QED) is 0.526. The third kappa shape index (κ3) is 5.14. The van der Waals surface area contributed by atoms with Crippen LogP contribution in [0.25, 0.3) is 0 Å². The van der Waals surface area contributed by atoms with Crippen LogP contribution in [0.4, 0.5) is 0 Å². The summed E-state index contributed by atoms with van der Waals surface area (Å²) >= 11 is 2.98. The Kier molecular flexibility index (Phi) is 7.19. The van der Waals surface area contributed by atoms with Gasteiger partial charge in [0.05, 0.1) is 42.5 Å². The highest BCUT2D eigenvalue weighted by Gasteiger charge is 2.34. The summed E-state index contributed by atoms with van der Waals surface area (Å²) in [5.41, 5.74) is 1.60. The van der Waals surface area contributed by atoms with Crippen molar-refractivity contribution in [2.24, 2.45) is 5.10 Å². The molecule has 2 aliphatic rings. The van der Waals surface area contributed by atoms with Gasteiger partial charge in [0, 0.05) is 6.42 Å². The van der Waals surface area contributed by atoms with E-state index in [0.29, 0.717) is 29.5 Å². The summed E-state index contributed by atoms with van der Waals surface area (Å²) in [6.45, 7) is -0.624. The number of hydrogen-bond donors (Lipinski definition) is 0. The zero-order valence-corrected chi connectivity index (χ0v) is 19.8. The Bertz CT molecular complexity index is 1070. The number of nitrogens with zero attached hydrogens (tertiary/aromatic N) is 3. The van der Waals surface area contributed by atoms with E-state index in [9.17, 15) is 14.4 Å². The van der Waals surface area contributed by atoms with Gasteiger partial charge in [-0.15, -0.1) is 23.1 Å². The predicted molar refractivity (Wildman–Crippen MR) is 125 cm³/mol. The molecule has 174 valence electrons. The summed E-state index contributed by atoms with van der Waals surface area (Å²) in [6, 6.07) is 8.96. The van der Waals surface area contributed by atoms with Crippen LogP contribution in [0.5, 0.6) is 11.5 Å². The van der Waals surface area contributed by atoms with Crippen LogP contribution in [0, 0.1) is 0 Å². The molecule has 9 nitrogen and oxygen atoms in total. The van der Waals surface area contributed by atoms with E-state index in [-0.39, 0.29) is 18.5 Å². The molecule has 0 N–H and O–H groups in total. The minimum absolute atomic E-state index is 0.110. The Balaban J connectivity index is 1.50. The number of amides is 2. The molecule has 0 unspecified atom stereocenters. The second-order valence-electron chi connectivity index (χ2n) is 7.33. The molecule has 2 aromatic rings. The Morgan fingerprint density at radius 1 is 1.18 bits per heavy atom. The lowest BCUT2D eigenvalue weighted by molar-refractivity contribution is -0.154. The van der Waals surface area contributed by atoms with E-state index in [2.05, 4.69) is 5.10 Å². The van der Waals surface area contributed by atoms with Crippen LogP contribution in [0.3, 0.4) is 0 Å². The van der Waals surface area contributed by atoms with Gasteiger partial charge in [0.25, 0.3) is 5.91 Å². The third-order valence-electron chi connectivity index (χ3n) is 5.27. The van der Waals surface area contributed by atoms with E-state index >= 15 is 0 Å². The molecule has 0 bridgehead atoms. The number of carbonyl (C=O) groups excluding carboxylic acids is 3. The number of ether oxygens (including phenoxy) is 3. The fraction of sp³-hybridized carbons (Fsp3) is 0.364. The SMILES string of the molecule is COc1ccc([C@H]2CC(c3cccs3)=NN2C(=O)COC(=O)CN2CSCC2=O)cc1OC. The number of benzene rings is 1. The number of esters is 1. The van der Waals surface area contributed by atoms with Crippen LogP contribution < -0.4 is 9.47 Å². The van der Waals surface area contributed by atoms with Gasteiger partial charge in [-0.3, -0.25) is 14.4 Å². The largest absolute Gasteiger partial charge is 0.493 e. The van der Waals surface area contributed by atoms with Crippen molar-refractivity contribution in [3.05, 3.63) is 46.2 Å². The van der Waals surface area contributed by atoms with E-state index in [1.165, 1.54) is 21.7 Å². The average Bonchev–Trinajstić information content (AvgIpc) is 3.58. The van der Waals surface area contributed by atoms with E-state index in [0.717, 1.165) is 16.2 Å². The lowest BCUT2D eigenvalue weighted by atomic mass is 10.0. The van der Waals surface area contributed by atoms with Crippen LogP contribution in [-0.2, 0) is 19.1 Å². The standard InChI is InChI=1S/C22H23N3O6S2/c1-29-17-6-5-14(8-18(17)30-2)16-9-15(19-4-3-7-33-19)23-25(16)20(26)11-31-22(28)10-24-13-32-12-21(24)27/h3-8,16H,9-13H2,1-2H3/t16-/m1/s1. The smallest absolute Gasteiger partial charge is 0.326 e. The molecule has 1 fully saturated rings. The first-order valence-electron chi connectivity index (χ1n) is 10.2. The van der Waals surface area contributed by atoms with Gasteiger partial charge >= 0.3 is 5.97 Å². The van der Waals surface area contributed by atoms with Crippen molar-refractivity contribution in [3.63, 3.8) is 0 Å². The molecule has 4 rings (SSSR count). The first kappa shape index (κ1) is 23.1. The lowest BCUT2D eigenvalue weighted by Crippen LogP contribution is -2.35. The molecule has 33 heavy (non-hydrogen) atoms. The molecule has 1 atom stereocenters. The van der Waals surface area contributed by atoms with Crippen molar-refractivity contribution in [1.82, 2.24) is 9.91 Å². The molecule has 1 aromatic heterocycles. The molecular formula is C22H23N3O6S2. The topological polar surface area (TPSA) is 97.7 Å². The minimum Gasteiger partial charge on any atom is -0.493 e. The normalized spacial score (nSPS) is 17.8. The summed E-state index contributed by atoms with van der Waals surface area (Å²) in [7, 11) is 3.11. The maximum atomic E-state index is 13.0. The highest BCUT2D eigenvalue weighted by atomic mass is 32.2. The number of hydrogen-bond acceptors (Lipinski definition) is 9. The van der Waals surface area contributed by atoms with Gasteiger partial charge in [0.1, 0.15) is 6.54 Å². The zero-order valence-electron chi connectivity index (χ0n) is 18.2. The van der Waals surface area contributed by atoms with E-state index in [1.54, 1.807) is 31.6 Å². The Morgan fingerprint density at radius 3 is 2.67 bits per heavy atom. The summed E-state index contributed by atoms with van der Waals surface area (Å²) in [5, 5.41) is 7.87. The van der Waals surface area contributed by atoms with Gasteiger partial charge < -0.3 is 19.1 Å². The molecule has 0 saturated carbocycles. The van der Waals surface area contributed by atoms with Crippen molar-refractivity contribution in [2.75, 3.05) is 39.0 Å². The summed E-state index contributed by atoms with van der Waals surface area (Å²) < 4.78 is 15.9. The second-order valence-corrected chi connectivity index (χ2v) is 9.23. The number of thiophene rings is 1. The van der Waals surface area contributed by atoms with Crippen LogP contribution in [0.2, 0.25) is 0 Å². The Labute approximate surface area is 199 Å². The number of methoxy groups -OCH3 is 2. The average molecular weight is 490 g/mol. The Hall–Kier alpha value is -3.05. The van der Waals surface area contributed by atoms with E-state index in [4.69, 9.17) is 14.2 Å². The molecule has 1 aromatic carbocycles. The molecule has 2 amide bonds. The van der Waals surface area contributed by atoms with Gasteiger partial charge in [-0.1, -0.05) is 12.1 Å². The molecule has 11 heteroatoms. The molecule has 0 aliphatic carbocycles. The maximum Gasteiger partial charge on any atom is 0.326 e. The summed E-state index contributed by atoms with van der Waals surface area (Å²) in [5.74, 6) is 0.755.